The van der Waals surface area contributed by atoms with Crippen LogP contribution in [0.2, 0.25) is 0 Å². The standard InChI is InChI=1S/C28H44O/c1-3-5-6-7-16-29-28-15-14-26-19-25(12-13-27(26)20-28)24-11-10-22-17-21(4-2)8-9-23(22)18-24/h8-9,17,24-28H,3-7,10-16,18-20H2,1-2H3/t24?,25?,26-,27?,28-/m1/s1. The minimum absolute atomic E-state index is 0.573. The molecule has 0 saturated heterocycles. The summed E-state index contributed by atoms with van der Waals surface area (Å²) in [6.45, 7) is 5.57. The third kappa shape index (κ3) is 5.46. The summed E-state index contributed by atoms with van der Waals surface area (Å²) in [5.41, 5.74) is 4.85. The Labute approximate surface area is 180 Å². The van der Waals surface area contributed by atoms with E-state index in [0.717, 1.165) is 30.3 Å². The molecule has 1 aromatic carbocycles. The van der Waals surface area contributed by atoms with Crippen molar-refractivity contribution in [3.8, 4) is 0 Å². The molecule has 1 aromatic rings. The monoisotopic (exact) mass is 396 g/mol. The Hall–Kier alpha value is -0.820. The first-order chi connectivity index (χ1) is 14.3. The van der Waals surface area contributed by atoms with Crippen LogP contribution in [0.4, 0.5) is 0 Å². The summed E-state index contributed by atoms with van der Waals surface area (Å²) in [7, 11) is 0. The van der Waals surface area contributed by atoms with Gasteiger partial charge in [-0.1, -0.05) is 51.3 Å². The Morgan fingerprint density at radius 3 is 2.41 bits per heavy atom. The third-order valence-electron chi connectivity index (χ3n) is 8.57. The van der Waals surface area contributed by atoms with Crippen LogP contribution in [0.3, 0.4) is 0 Å². The van der Waals surface area contributed by atoms with Crippen LogP contribution in [-0.2, 0) is 24.0 Å². The molecular weight excluding hydrogens is 352 g/mol. The number of fused-ring (bicyclic) bond motifs is 2. The van der Waals surface area contributed by atoms with E-state index in [4.69, 9.17) is 4.74 Å². The fourth-order valence-electron chi connectivity index (χ4n) is 6.70. The van der Waals surface area contributed by atoms with Gasteiger partial charge >= 0.3 is 0 Å². The molecule has 2 fully saturated rings. The average Bonchev–Trinajstić information content (AvgIpc) is 2.77. The Kier molecular flexibility index (Phi) is 7.73. The SMILES string of the molecule is CCCCCCO[C@@H]1CC[C@@H]2CC(C3CCc4cc(CC)ccc4C3)CCC2C1. The number of ether oxygens (including phenoxy) is 1. The second-order valence-electron chi connectivity index (χ2n) is 10.4. The Morgan fingerprint density at radius 2 is 1.59 bits per heavy atom. The maximum absolute atomic E-state index is 6.28. The fourth-order valence-corrected chi connectivity index (χ4v) is 6.70. The van der Waals surface area contributed by atoms with E-state index in [0.29, 0.717) is 6.10 Å². The van der Waals surface area contributed by atoms with Gasteiger partial charge in [-0.05, 0) is 111 Å². The van der Waals surface area contributed by atoms with Crippen molar-refractivity contribution >= 4 is 0 Å². The Bertz CT molecular complexity index is 635. The topological polar surface area (TPSA) is 9.23 Å². The zero-order chi connectivity index (χ0) is 20.1. The molecular formula is C28H44O. The van der Waals surface area contributed by atoms with Gasteiger partial charge in [0.15, 0.2) is 0 Å². The van der Waals surface area contributed by atoms with Gasteiger partial charge in [-0.15, -0.1) is 0 Å². The summed E-state index contributed by atoms with van der Waals surface area (Å²) >= 11 is 0. The van der Waals surface area contributed by atoms with Gasteiger partial charge in [0.25, 0.3) is 0 Å². The Balaban J connectivity index is 1.24. The molecule has 3 unspecified atom stereocenters. The fraction of sp³-hybridized carbons (Fsp3) is 0.786. The Morgan fingerprint density at radius 1 is 0.793 bits per heavy atom. The highest BCUT2D eigenvalue weighted by molar-refractivity contribution is 5.34. The van der Waals surface area contributed by atoms with Gasteiger partial charge in [-0.3, -0.25) is 0 Å². The van der Waals surface area contributed by atoms with E-state index in [9.17, 15) is 0 Å². The van der Waals surface area contributed by atoms with Crippen LogP contribution in [0.1, 0.15) is 101 Å². The molecule has 0 aromatic heterocycles. The first kappa shape index (κ1) is 21.4. The molecule has 29 heavy (non-hydrogen) atoms. The van der Waals surface area contributed by atoms with Gasteiger partial charge in [0.1, 0.15) is 0 Å². The molecule has 1 heteroatoms. The smallest absolute Gasteiger partial charge is 0.0578 e. The molecule has 3 aliphatic rings. The molecule has 0 radical (unpaired) electrons. The highest BCUT2D eigenvalue weighted by Crippen LogP contribution is 2.47. The number of hydrogen-bond donors (Lipinski definition) is 0. The third-order valence-corrected chi connectivity index (χ3v) is 8.57. The van der Waals surface area contributed by atoms with E-state index < -0.39 is 0 Å². The lowest BCUT2D eigenvalue weighted by atomic mass is 9.62. The largest absolute Gasteiger partial charge is 0.378 e. The zero-order valence-electron chi connectivity index (χ0n) is 19.1. The molecule has 0 spiro atoms. The van der Waals surface area contributed by atoms with E-state index >= 15 is 0 Å². The highest BCUT2D eigenvalue weighted by atomic mass is 16.5. The summed E-state index contributed by atoms with van der Waals surface area (Å²) in [5, 5.41) is 0. The molecule has 3 aliphatic carbocycles. The number of hydrogen-bond acceptors (Lipinski definition) is 1. The normalized spacial score (nSPS) is 31.9. The molecule has 5 atom stereocenters. The molecule has 162 valence electrons. The zero-order valence-corrected chi connectivity index (χ0v) is 19.1. The van der Waals surface area contributed by atoms with Crippen LogP contribution in [0.5, 0.6) is 0 Å². The van der Waals surface area contributed by atoms with Crippen molar-refractivity contribution in [2.75, 3.05) is 6.61 Å². The van der Waals surface area contributed by atoms with Crippen molar-refractivity contribution in [2.24, 2.45) is 23.7 Å². The second kappa shape index (κ2) is 10.5. The lowest BCUT2D eigenvalue weighted by Gasteiger charge is -2.45. The van der Waals surface area contributed by atoms with Crippen molar-refractivity contribution in [2.45, 2.75) is 110 Å². The summed E-state index contributed by atoms with van der Waals surface area (Å²) in [4.78, 5) is 0. The van der Waals surface area contributed by atoms with Gasteiger partial charge in [0.2, 0.25) is 0 Å². The molecule has 0 heterocycles. The van der Waals surface area contributed by atoms with Gasteiger partial charge in [0, 0.05) is 6.61 Å². The molecule has 1 nitrogen and oxygen atoms in total. The quantitative estimate of drug-likeness (QED) is 0.412. The highest BCUT2D eigenvalue weighted by Gasteiger charge is 2.38. The van der Waals surface area contributed by atoms with E-state index in [1.54, 1.807) is 11.1 Å². The van der Waals surface area contributed by atoms with Crippen LogP contribution < -0.4 is 0 Å². The van der Waals surface area contributed by atoms with Crippen molar-refractivity contribution in [1.29, 1.82) is 0 Å². The van der Waals surface area contributed by atoms with Crippen LogP contribution >= 0.6 is 0 Å². The van der Waals surface area contributed by atoms with Crippen LogP contribution in [0.25, 0.3) is 0 Å². The van der Waals surface area contributed by atoms with Crippen LogP contribution in [0, 0.1) is 23.7 Å². The minimum Gasteiger partial charge on any atom is -0.378 e. The lowest BCUT2D eigenvalue weighted by Crippen LogP contribution is -2.37. The van der Waals surface area contributed by atoms with Gasteiger partial charge in [-0.25, -0.2) is 0 Å². The number of aryl methyl sites for hydroxylation is 2. The molecule has 2 saturated carbocycles. The predicted octanol–water partition coefficient (Wildman–Crippen LogP) is 7.54. The van der Waals surface area contributed by atoms with Crippen molar-refractivity contribution in [3.63, 3.8) is 0 Å². The second-order valence-corrected chi connectivity index (χ2v) is 10.4. The lowest BCUT2D eigenvalue weighted by molar-refractivity contribution is -0.0250. The van der Waals surface area contributed by atoms with Gasteiger partial charge in [-0.2, -0.15) is 0 Å². The van der Waals surface area contributed by atoms with Crippen LogP contribution in [-0.4, -0.2) is 12.7 Å². The molecule has 4 rings (SSSR count). The number of unbranched alkanes of at least 4 members (excludes halogenated alkanes) is 3. The number of benzene rings is 1. The predicted molar refractivity (Wildman–Crippen MR) is 123 cm³/mol. The van der Waals surface area contributed by atoms with Crippen LogP contribution in [0.15, 0.2) is 18.2 Å². The maximum atomic E-state index is 6.28. The van der Waals surface area contributed by atoms with Crippen molar-refractivity contribution in [1.82, 2.24) is 0 Å². The number of rotatable bonds is 8. The maximum Gasteiger partial charge on any atom is 0.0578 e. The molecule has 0 N–H and O–H groups in total. The summed E-state index contributed by atoms with van der Waals surface area (Å²) in [5.74, 6) is 3.89. The molecule has 0 bridgehead atoms. The van der Waals surface area contributed by atoms with Gasteiger partial charge in [0.05, 0.1) is 6.10 Å². The summed E-state index contributed by atoms with van der Waals surface area (Å²) in [6.07, 6.45) is 19.8. The first-order valence-corrected chi connectivity index (χ1v) is 13.0. The van der Waals surface area contributed by atoms with E-state index in [-0.39, 0.29) is 0 Å². The average molecular weight is 397 g/mol. The summed E-state index contributed by atoms with van der Waals surface area (Å²) in [6, 6.07) is 7.32. The van der Waals surface area contributed by atoms with Crippen molar-refractivity contribution in [3.05, 3.63) is 34.9 Å². The first-order valence-electron chi connectivity index (χ1n) is 13.0. The minimum atomic E-state index is 0.573. The summed E-state index contributed by atoms with van der Waals surface area (Å²) < 4.78 is 6.28. The molecule has 0 amide bonds. The molecule has 0 aliphatic heterocycles. The van der Waals surface area contributed by atoms with Crippen molar-refractivity contribution < 1.29 is 4.74 Å². The van der Waals surface area contributed by atoms with E-state index in [2.05, 4.69) is 32.0 Å². The van der Waals surface area contributed by atoms with E-state index in [1.807, 2.05) is 0 Å². The van der Waals surface area contributed by atoms with Gasteiger partial charge < -0.3 is 4.74 Å². The van der Waals surface area contributed by atoms with E-state index in [1.165, 1.54) is 95.5 Å².